The van der Waals surface area contributed by atoms with Gasteiger partial charge in [0.15, 0.2) is 11.5 Å². The third-order valence-corrected chi connectivity index (χ3v) is 4.15. The second kappa shape index (κ2) is 6.56. The number of ether oxygens (including phenoxy) is 2. The lowest BCUT2D eigenvalue weighted by Crippen LogP contribution is -2.53. The summed E-state index contributed by atoms with van der Waals surface area (Å²) < 4.78 is 23.5. The van der Waals surface area contributed by atoms with Crippen molar-refractivity contribution in [1.82, 2.24) is 10.2 Å². The Morgan fingerprint density at radius 1 is 1.04 bits per heavy atom. The summed E-state index contributed by atoms with van der Waals surface area (Å²) in [6.07, 6.45) is 1.38. The van der Waals surface area contributed by atoms with Crippen LogP contribution in [0, 0.1) is 5.82 Å². The number of carbonyl (C=O) groups excluding carboxylic acids is 3. The van der Waals surface area contributed by atoms with Crippen LogP contribution in [0.5, 0.6) is 11.5 Å². The molecule has 0 aliphatic carbocycles. The van der Waals surface area contributed by atoms with Crippen molar-refractivity contribution in [2.45, 2.75) is 6.54 Å². The highest BCUT2D eigenvalue weighted by Gasteiger charge is 2.35. The standard InChI is InChI=1S/C19H13FN2O5/c20-13-4-1-11(2-5-13)9-22-18(24)14(17(23)21-19(22)25)7-12-3-6-15-16(8-12)27-10-26-15/h1-8H,9-10H2,(H,21,23,25)/b14-7+. The highest BCUT2D eigenvalue weighted by molar-refractivity contribution is 6.30. The topological polar surface area (TPSA) is 84.9 Å². The first kappa shape index (κ1) is 16.8. The Morgan fingerprint density at radius 3 is 2.56 bits per heavy atom. The Morgan fingerprint density at radius 2 is 1.78 bits per heavy atom. The van der Waals surface area contributed by atoms with Crippen molar-refractivity contribution >= 4 is 23.9 Å². The molecule has 8 heteroatoms. The Bertz CT molecular complexity index is 984. The third kappa shape index (κ3) is 3.24. The fraction of sp³-hybridized carbons (Fsp3) is 0.105. The molecule has 2 aromatic rings. The lowest BCUT2D eigenvalue weighted by Gasteiger charge is -2.26. The van der Waals surface area contributed by atoms with Crippen LogP contribution in [-0.2, 0) is 16.1 Å². The van der Waals surface area contributed by atoms with Crippen LogP contribution < -0.4 is 14.8 Å². The van der Waals surface area contributed by atoms with Gasteiger partial charge in [0.1, 0.15) is 11.4 Å². The largest absolute Gasteiger partial charge is 0.454 e. The number of carbonyl (C=O) groups is 3. The molecule has 1 N–H and O–H groups in total. The van der Waals surface area contributed by atoms with E-state index in [-0.39, 0.29) is 18.9 Å². The lowest BCUT2D eigenvalue weighted by atomic mass is 10.1. The van der Waals surface area contributed by atoms with Crippen LogP contribution in [0.3, 0.4) is 0 Å². The summed E-state index contributed by atoms with van der Waals surface area (Å²) in [5, 5.41) is 2.14. The van der Waals surface area contributed by atoms with Gasteiger partial charge >= 0.3 is 6.03 Å². The van der Waals surface area contributed by atoms with Gasteiger partial charge in [-0.15, -0.1) is 0 Å². The maximum atomic E-state index is 13.0. The van der Waals surface area contributed by atoms with E-state index in [1.807, 2.05) is 0 Å². The molecule has 0 atom stereocenters. The second-order valence-corrected chi connectivity index (χ2v) is 5.95. The van der Waals surface area contributed by atoms with Gasteiger partial charge < -0.3 is 9.47 Å². The fourth-order valence-electron chi connectivity index (χ4n) is 2.78. The van der Waals surface area contributed by atoms with Crippen LogP contribution >= 0.6 is 0 Å². The van der Waals surface area contributed by atoms with Crippen molar-refractivity contribution in [3.8, 4) is 11.5 Å². The van der Waals surface area contributed by atoms with Gasteiger partial charge in [0.2, 0.25) is 6.79 Å². The molecule has 4 rings (SSSR count). The quantitative estimate of drug-likeness (QED) is 0.663. The minimum Gasteiger partial charge on any atom is -0.454 e. The molecule has 0 spiro atoms. The van der Waals surface area contributed by atoms with E-state index in [2.05, 4.69) is 5.32 Å². The highest BCUT2D eigenvalue weighted by atomic mass is 19.1. The van der Waals surface area contributed by atoms with E-state index in [9.17, 15) is 18.8 Å². The molecule has 1 saturated heterocycles. The first-order valence-electron chi connectivity index (χ1n) is 8.04. The molecule has 0 unspecified atom stereocenters. The van der Waals surface area contributed by atoms with Crippen molar-refractivity contribution in [3.05, 3.63) is 65.0 Å². The zero-order valence-electron chi connectivity index (χ0n) is 13.9. The molecule has 2 aromatic carbocycles. The zero-order valence-corrected chi connectivity index (χ0v) is 13.9. The van der Waals surface area contributed by atoms with Crippen molar-refractivity contribution in [1.29, 1.82) is 0 Å². The molecular formula is C19H13FN2O5. The molecule has 0 bridgehead atoms. The fourth-order valence-corrected chi connectivity index (χ4v) is 2.78. The number of urea groups is 1. The highest BCUT2D eigenvalue weighted by Crippen LogP contribution is 2.33. The normalized spacial score (nSPS) is 17.4. The van der Waals surface area contributed by atoms with Crippen molar-refractivity contribution in [2.75, 3.05) is 6.79 Å². The molecule has 0 aromatic heterocycles. The molecule has 2 aliphatic heterocycles. The Balaban J connectivity index is 1.62. The molecule has 1 fully saturated rings. The molecule has 7 nitrogen and oxygen atoms in total. The summed E-state index contributed by atoms with van der Waals surface area (Å²) in [6.45, 7) is 0.0193. The smallest absolute Gasteiger partial charge is 0.331 e. The maximum absolute atomic E-state index is 13.0. The summed E-state index contributed by atoms with van der Waals surface area (Å²) in [4.78, 5) is 37.8. The van der Waals surface area contributed by atoms with E-state index in [1.54, 1.807) is 18.2 Å². The first-order chi connectivity index (χ1) is 13.0. The molecule has 2 aliphatic rings. The van der Waals surface area contributed by atoms with E-state index in [0.717, 1.165) is 4.90 Å². The summed E-state index contributed by atoms with van der Waals surface area (Å²) in [5.41, 5.74) is 0.918. The molecule has 4 amide bonds. The average Bonchev–Trinajstić information content (AvgIpc) is 3.11. The maximum Gasteiger partial charge on any atom is 0.331 e. The van der Waals surface area contributed by atoms with Crippen molar-refractivity contribution in [2.24, 2.45) is 0 Å². The minimum atomic E-state index is -0.822. The van der Waals surface area contributed by atoms with Gasteiger partial charge in [-0.05, 0) is 41.5 Å². The SMILES string of the molecule is O=C1NC(=O)N(Cc2ccc(F)cc2)C(=O)/C1=C/c1ccc2c(c1)OCO2. The van der Waals surface area contributed by atoms with Gasteiger partial charge in [0.05, 0.1) is 6.54 Å². The van der Waals surface area contributed by atoms with E-state index < -0.39 is 23.7 Å². The number of hydrogen-bond acceptors (Lipinski definition) is 5. The average molecular weight is 368 g/mol. The van der Waals surface area contributed by atoms with Crippen LogP contribution in [0.2, 0.25) is 0 Å². The summed E-state index contributed by atoms with van der Waals surface area (Å²) in [7, 11) is 0. The number of amides is 4. The van der Waals surface area contributed by atoms with E-state index in [0.29, 0.717) is 22.6 Å². The molecule has 0 saturated carbocycles. The second-order valence-electron chi connectivity index (χ2n) is 5.95. The Hall–Kier alpha value is -3.68. The van der Waals surface area contributed by atoms with E-state index >= 15 is 0 Å². The summed E-state index contributed by atoms with van der Waals surface area (Å²) >= 11 is 0. The van der Waals surface area contributed by atoms with Crippen molar-refractivity contribution in [3.63, 3.8) is 0 Å². The molecule has 0 radical (unpaired) electrons. The third-order valence-electron chi connectivity index (χ3n) is 4.15. The van der Waals surface area contributed by atoms with Gasteiger partial charge in [-0.1, -0.05) is 18.2 Å². The van der Waals surface area contributed by atoms with E-state index in [4.69, 9.17) is 9.47 Å². The number of nitrogens with zero attached hydrogens (tertiary/aromatic N) is 1. The number of halogens is 1. The number of fused-ring (bicyclic) bond motifs is 1. The molecule has 27 heavy (non-hydrogen) atoms. The monoisotopic (exact) mass is 368 g/mol. The van der Waals surface area contributed by atoms with Crippen LogP contribution in [-0.4, -0.2) is 29.5 Å². The summed E-state index contributed by atoms with van der Waals surface area (Å²) in [6, 6.07) is 9.55. The number of imide groups is 2. The number of barbiturate groups is 1. The van der Waals surface area contributed by atoms with Gasteiger partial charge in [-0.25, -0.2) is 9.18 Å². The van der Waals surface area contributed by atoms with Crippen LogP contribution in [0.1, 0.15) is 11.1 Å². The summed E-state index contributed by atoms with van der Waals surface area (Å²) in [5.74, 6) is -0.854. The van der Waals surface area contributed by atoms with Crippen LogP contribution in [0.25, 0.3) is 6.08 Å². The predicted octanol–water partition coefficient (Wildman–Crippen LogP) is 2.22. The number of rotatable bonds is 3. The number of nitrogens with one attached hydrogen (secondary N) is 1. The Kier molecular flexibility index (Phi) is 4.08. The van der Waals surface area contributed by atoms with Gasteiger partial charge in [0.25, 0.3) is 11.8 Å². The molecule has 2 heterocycles. The minimum absolute atomic E-state index is 0.0866. The predicted molar refractivity (Wildman–Crippen MR) is 91.0 cm³/mol. The lowest BCUT2D eigenvalue weighted by molar-refractivity contribution is -0.130. The number of hydrogen-bond donors (Lipinski definition) is 1. The molecular weight excluding hydrogens is 355 g/mol. The molecule has 136 valence electrons. The number of benzene rings is 2. The van der Waals surface area contributed by atoms with E-state index in [1.165, 1.54) is 30.3 Å². The van der Waals surface area contributed by atoms with Gasteiger partial charge in [0, 0.05) is 0 Å². The van der Waals surface area contributed by atoms with Crippen molar-refractivity contribution < 1.29 is 28.2 Å². The van der Waals surface area contributed by atoms with Gasteiger partial charge in [-0.2, -0.15) is 0 Å². The zero-order chi connectivity index (χ0) is 19.0. The van der Waals surface area contributed by atoms with Gasteiger partial charge in [-0.3, -0.25) is 19.8 Å². The first-order valence-corrected chi connectivity index (χ1v) is 8.04. The Labute approximate surface area is 153 Å². The van der Waals surface area contributed by atoms with Crippen LogP contribution in [0.4, 0.5) is 9.18 Å². The van der Waals surface area contributed by atoms with Crippen LogP contribution in [0.15, 0.2) is 48.0 Å².